The Morgan fingerprint density at radius 3 is 2.90 bits per heavy atom. The molecular formula is C14H14FNO4S. The van der Waals surface area contributed by atoms with Crippen LogP contribution in [0.4, 0.5) is 10.1 Å². The van der Waals surface area contributed by atoms with Gasteiger partial charge in [-0.15, -0.1) is 11.8 Å². The van der Waals surface area contributed by atoms with Gasteiger partial charge in [-0.3, -0.25) is 14.4 Å². The topological polar surface area (TPSA) is 63.7 Å². The normalized spacial score (nSPS) is 18.2. The number of benzene rings is 1. The van der Waals surface area contributed by atoms with Gasteiger partial charge in [0.1, 0.15) is 5.82 Å². The molecule has 1 saturated heterocycles. The first-order valence-electron chi connectivity index (χ1n) is 6.42. The number of thioether (sulfide) groups is 1. The van der Waals surface area contributed by atoms with Crippen LogP contribution in [0.15, 0.2) is 24.3 Å². The molecular weight excluding hydrogens is 297 g/mol. The Kier molecular flexibility index (Phi) is 4.95. The first-order valence-corrected chi connectivity index (χ1v) is 7.47. The average Bonchev–Trinajstić information content (AvgIpc) is 2.71. The van der Waals surface area contributed by atoms with E-state index in [4.69, 9.17) is 4.74 Å². The van der Waals surface area contributed by atoms with Crippen LogP contribution in [-0.2, 0) is 19.1 Å². The fourth-order valence-corrected chi connectivity index (χ4v) is 2.92. The maximum atomic E-state index is 13.2. The number of rotatable bonds is 5. The number of nitrogens with zero attached hydrogens (tertiary/aromatic N) is 1. The standard InChI is InChI=1S/C14H14FNO4S/c1-2-20-13(18)8-21-11-7-12(17)16(14(11)19)10-5-3-4-9(15)6-10/h3-6,11H,2,7-8H2,1H3/t11-/m1/s1. The van der Waals surface area contributed by atoms with E-state index in [1.54, 1.807) is 6.92 Å². The van der Waals surface area contributed by atoms with Crippen molar-refractivity contribution in [2.45, 2.75) is 18.6 Å². The first-order chi connectivity index (χ1) is 10.0. The van der Waals surface area contributed by atoms with E-state index in [0.29, 0.717) is 0 Å². The molecule has 1 aliphatic heterocycles. The Morgan fingerprint density at radius 2 is 2.24 bits per heavy atom. The first kappa shape index (κ1) is 15.5. The van der Waals surface area contributed by atoms with Crippen molar-refractivity contribution in [2.24, 2.45) is 0 Å². The zero-order chi connectivity index (χ0) is 15.4. The molecule has 1 aromatic rings. The summed E-state index contributed by atoms with van der Waals surface area (Å²) >= 11 is 1.07. The zero-order valence-corrected chi connectivity index (χ0v) is 12.2. The highest BCUT2D eigenvalue weighted by molar-refractivity contribution is 8.01. The molecule has 0 radical (unpaired) electrons. The largest absolute Gasteiger partial charge is 0.465 e. The maximum absolute atomic E-state index is 13.2. The third-order valence-electron chi connectivity index (χ3n) is 2.88. The molecule has 0 bridgehead atoms. The molecule has 0 saturated carbocycles. The Bertz CT molecular complexity index is 578. The second kappa shape index (κ2) is 6.71. The molecule has 0 aromatic heterocycles. The Hall–Kier alpha value is -1.89. The molecule has 0 N–H and O–H groups in total. The molecule has 1 heterocycles. The van der Waals surface area contributed by atoms with Crippen molar-refractivity contribution in [2.75, 3.05) is 17.3 Å². The predicted molar refractivity (Wildman–Crippen MR) is 76.4 cm³/mol. The van der Waals surface area contributed by atoms with Gasteiger partial charge in [0.25, 0.3) is 0 Å². The van der Waals surface area contributed by atoms with Crippen molar-refractivity contribution in [1.29, 1.82) is 0 Å². The molecule has 0 spiro atoms. The number of imide groups is 1. The Labute approximate surface area is 125 Å². The molecule has 1 fully saturated rings. The highest BCUT2D eigenvalue weighted by Crippen LogP contribution is 2.29. The minimum absolute atomic E-state index is 0.000577. The van der Waals surface area contributed by atoms with Crippen LogP contribution in [-0.4, -0.2) is 35.4 Å². The van der Waals surface area contributed by atoms with E-state index >= 15 is 0 Å². The molecule has 112 valence electrons. The van der Waals surface area contributed by atoms with Crippen LogP contribution in [0.1, 0.15) is 13.3 Å². The summed E-state index contributed by atoms with van der Waals surface area (Å²) in [4.78, 5) is 36.4. The molecule has 21 heavy (non-hydrogen) atoms. The third-order valence-corrected chi connectivity index (χ3v) is 4.05. The van der Waals surface area contributed by atoms with Gasteiger partial charge in [0.05, 0.1) is 23.3 Å². The van der Waals surface area contributed by atoms with Gasteiger partial charge < -0.3 is 4.74 Å². The lowest BCUT2D eigenvalue weighted by atomic mass is 10.3. The minimum atomic E-state index is -0.634. The number of halogens is 1. The van der Waals surface area contributed by atoms with E-state index in [1.165, 1.54) is 18.2 Å². The summed E-state index contributed by atoms with van der Waals surface area (Å²) in [5.74, 6) is -1.76. The number of esters is 1. The fraction of sp³-hybridized carbons (Fsp3) is 0.357. The lowest BCUT2D eigenvalue weighted by Crippen LogP contribution is -2.31. The van der Waals surface area contributed by atoms with Crippen LogP contribution < -0.4 is 4.90 Å². The van der Waals surface area contributed by atoms with Crippen LogP contribution >= 0.6 is 11.8 Å². The summed E-state index contributed by atoms with van der Waals surface area (Å²) in [6.45, 7) is 1.96. The highest BCUT2D eigenvalue weighted by atomic mass is 32.2. The Morgan fingerprint density at radius 1 is 1.48 bits per heavy atom. The van der Waals surface area contributed by atoms with Gasteiger partial charge in [0.15, 0.2) is 0 Å². The summed E-state index contributed by atoms with van der Waals surface area (Å²) < 4.78 is 18.0. The fourth-order valence-electron chi connectivity index (χ4n) is 1.99. The molecule has 5 nitrogen and oxygen atoms in total. The predicted octanol–water partition coefficient (Wildman–Crippen LogP) is 1.75. The van der Waals surface area contributed by atoms with Gasteiger partial charge >= 0.3 is 5.97 Å². The van der Waals surface area contributed by atoms with Crippen LogP contribution in [0, 0.1) is 5.82 Å². The Balaban J connectivity index is 2.05. The van der Waals surface area contributed by atoms with Crippen LogP contribution in [0.5, 0.6) is 0 Å². The summed E-state index contributed by atoms with van der Waals surface area (Å²) in [5.41, 5.74) is 0.212. The quantitative estimate of drug-likeness (QED) is 0.612. The smallest absolute Gasteiger partial charge is 0.315 e. The van der Waals surface area contributed by atoms with Crippen LogP contribution in [0.3, 0.4) is 0 Å². The zero-order valence-electron chi connectivity index (χ0n) is 11.4. The van der Waals surface area contributed by atoms with Crippen molar-refractivity contribution in [3.8, 4) is 0 Å². The number of hydrogen-bond donors (Lipinski definition) is 0. The molecule has 0 aliphatic carbocycles. The van der Waals surface area contributed by atoms with E-state index in [9.17, 15) is 18.8 Å². The third kappa shape index (κ3) is 3.60. The summed E-state index contributed by atoms with van der Waals surface area (Å²) in [6, 6.07) is 5.30. The number of hydrogen-bond acceptors (Lipinski definition) is 5. The van der Waals surface area contributed by atoms with Gasteiger partial charge in [0.2, 0.25) is 11.8 Å². The number of ether oxygens (including phenoxy) is 1. The molecule has 7 heteroatoms. The number of carbonyl (C=O) groups excluding carboxylic acids is 3. The molecule has 1 aromatic carbocycles. The maximum Gasteiger partial charge on any atom is 0.315 e. The molecule has 0 unspecified atom stereocenters. The second-order valence-corrected chi connectivity index (χ2v) is 5.55. The van der Waals surface area contributed by atoms with E-state index in [-0.39, 0.29) is 24.5 Å². The SMILES string of the molecule is CCOC(=O)CS[C@@H]1CC(=O)N(c2cccc(F)c2)C1=O. The average molecular weight is 311 g/mol. The van der Waals surface area contributed by atoms with E-state index in [2.05, 4.69) is 0 Å². The van der Waals surface area contributed by atoms with Gasteiger partial charge in [-0.1, -0.05) is 6.07 Å². The van der Waals surface area contributed by atoms with Crippen molar-refractivity contribution < 1.29 is 23.5 Å². The molecule has 2 rings (SSSR count). The lowest BCUT2D eigenvalue weighted by molar-refractivity contribution is -0.139. The summed E-state index contributed by atoms with van der Waals surface area (Å²) in [5, 5.41) is -0.634. The van der Waals surface area contributed by atoms with Crippen LogP contribution in [0.25, 0.3) is 0 Å². The van der Waals surface area contributed by atoms with Crippen molar-refractivity contribution >= 4 is 35.2 Å². The van der Waals surface area contributed by atoms with Gasteiger partial charge in [0, 0.05) is 6.42 Å². The summed E-state index contributed by atoms with van der Waals surface area (Å²) in [6.07, 6.45) is -0.000577. The van der Waals surface area contributed by atoms with Crippen molar-refractivity contribution in [3.05, 3.63) is 30.1 Å². The van der Waals surface area contributed by atoms with Gasteiger partial charge in [-0.05, 0) is 25.1 Å². The lowest BCUT2D eigenvalue weighted by Gasteiger charge is -2.14. The molecule has 1 atom stereocenters. The summed E-state index contributed by atoms with van der Waals surface area (Å²) in [7, 11) is 0. The van der Waals surface area contributed by atoms with Gasteiger partial charge in [-0.25, -0.2) is 9.29 Å². The molecule has 2 amide bonds. The number of amides is 2. The van der Waals surface area contributed by atoms with E-state index < -0.39 is 28.9 Å². The van der Waals surface area contributed by atoms with Crippen molar-refractivity contribution in [3.63, 3.8) is 0 Å². The van der Waals surface area contributed by atoms with Crippen molar-refractivity contribution in [1.82, 2.24) is 0 Å². The van der Waals surface area contributed by atoms with E-state index in [1.807, 2.05) is 0 Å². The molecule has 1 aliphatic rings. The highest BCUT2D eigenvalue weighted by Gasteiger charge is 2.40. The monoisotopic (exact) mass is 311 g/mol. The van der Waals surface area contributed by atoms with E-state index in [0.717, 1.165) is 22.7 Å². The van der Waals surface area contributed by atoms with Crippen LogP contribution in [0.2, 0.25) is 0 Å². The van der Waals surface area contributed by atoms with Gasteiger partial charge in [-0.2, -0.15) is 0 Å². The number of anilines is 1. The minimum Gasteiger partial charge on any atom is -0.465 e. The second-order valence-electron chi connectivity index (χ2n) is 4.36. The number of carbonyl (C=O) groups is 3.